The predicted octanol–water partition coefficient (Wildman–Crippen LogP) is 2.57. The van der Waals surface area contributed by atoms with E-state index in [4.69, 9.17) is 10.8 Å². The van der Waals surface area contributed by atoms with Crippen molar-refractivity contribution < 1.29 is 13.9 Å². The van der Waals surface area contributed by atoms with Gasteiger partial charge < -0.3 is 10.8 Å². The Morgan fingerprint density at radius 2 is 2.12 bits per heavy atom. The van der Waals surface area contributed by atoms with E-state index in [-0.39, 0.29) is 18.6 Å². The quantitative estimate of drug-likeness (QED) is 0.815. The van der Waals surface area contributed by atoms with Crippen molar-refractivity contribution in [3.05, 3.63) is 35.4 Å². The maximum absolute atomic E-state index is 13.6. The van der Waals surface area contributed by atoms with Crippen molar-refractivity contribution in [2.45, 2.75) is 31.7 Å². The fourth-order valence-electron chi connectivity index (χ4n) is 1.56. The molecule has 0 fully saturated rings. The molecule has 2 nitrogen and oxygen atoms in total. The van der Waals surface area contributed by atoms with Crippen LogP contribution in [0.25, 0.3) is 0 Å². The molecular weight excluding hydrogens is 212 g/mol. The maximum Gasteiger partial charge on any atom is 0.273 e. The number of alkyl halides is 2. The molecule has 1 unspecified atom stereocenters. The number of hydrogen-bond acceptors (Lipinski definition) is 2. The molecule has 1 atom stereocenters. The molecule has 0 spiro atoms. The summed E-state index contributed by atoms with van der Waals surface area (Å²) in [5.74, 6) is -2.82. The van der Waals surface area contributed by atoms with Crippen LogP contribution in [0, 0.1) is 0 Å². The third-order valence-corrected chi connectivity index (χ3v) is 2.50. The van der Waals surface area contributed by atoms with Gasteiger partial charge in [-0.2, -0.15) is 0 Å². The van der Waals surface area contributed by atoms with Gasteiger partial charge in [0, 0.05) is 12.0 Å². The molecule has 0 saturated carbocycles. The van der Waals surface area contributed by atoms with Crippen LogP contribution in [0.3, 0.4) is 0 Å². The van der Waals surface area contributed by atoms with E-state index in [0.717, 1.165) is 0 Å². The zero-order valence-corrected chi connectivity index (χ0v) is 9.29. The molecule has 16 heavy (non-hydrogen) atoms. The van der Waals surface area contributed by atoms with Gasteiger partial charge in [0.05, 0.1) is 12.6 Å². The summed E-state index contributed by atoms with van der Waals surface area (Å²) in [5, 5.41) is 8.87. The predicted molar refractivity (Wildman–Crippen MR) is 59.3 cm³/mol. The van der Waals surface area contributed by atoms with Crippen molar-refractivity contribution in [3.8, 4) is 0 Å². The van der Waals surface area contributed by atoms with Gasteiger partial charge in [0.2, 0.25) is 0 Å². The minimum Gasteiger partial charge on any atom is -0.394 e. The Kier molecular flexibility index (Phi) is 4.38. The SMILES string of the molecule is CCCC(F)(F)c1cccc(C(N)CO)c1. The number of halogens is 2. The van der Waals surface area contributed by atoms with E-state index < -0.39 is 12.0 Å². The van der Waals surface area contributed by atoms with Crippen LogP contribution < -0.4 is 5.73 Å². The largest absolute Gasteiger partial charge is 0.394 e. The zero-order chi connectivity index (χ0) is 12.2. The first-order valence-corrected chi connectivity index (χ1v) is 5.36. The minimum absolute atomic E-state index is 0.0317. The summed E-state index contributed by atoms with van der Waals surface area (Å²) in [7, 11) is 0. The fourth-order valence-corrected chi connectivity index (χ4v) is 1.56. The average Bonchev–Trinajstić information content (AvgIpc) is 2.28. The van der Waals surface area contributed by atoms with Crippen LogP contribution in [0.2, 0.25) is 0 Å². The van der Waals surface area contributed by atoms with Gasteiger partial charge in [-0.25, -0.2) is 8.78 Å². The van der Waals surface area contributed by atoms with Crippen molar-refractivity contribution in [2.75, 3.05) is 6.61 Å². The van der Waals surface area contributed by atoms with Crippen LogP contribution in [0.15, 0.2) is 24.3 Å². The second-order valence-corrected chi connectivity index (χ2v) is 3.87. The van der Waals surface area contributed by atoms with E-state index in [2.05, 4.69) is 0 Å². The number of aliphatic hydroxyl groups excluding tert-OH is 1. The first kappa shape index (κ1) is 13.1. The third kappa shape index (κ3) is 3.00. The molecule has 3 N–H and O–H groups in total. The van der Waals surface area contributed by atoms with E-state index in [9.17, 15) is 8.78 Å². The lowest BCUT2D eigenvalue weighted by atomic mass is 9.99. The van der Waals surface area contributed by atoms with Crippen molar-refractivity contribution in [3.63, 3.8) is 0 Å². The lowest BCUT2D eigenvalue weighted by molar-refractivity contribution is -0.0141. The number of aliphatic hydroxyl groups is 1. The maximum atomic E-state index is 13.6. The Morgan fingerprint density at radius 1 is 1.44 bits per heavy atom. The van der Waals surface area contributed by atoms with Gasteiger partial charge in [0.15, 0.2) is 0 Å². The van der Waals surface area contributed by atoms with E-state index in [0.29, 0.717) is 12.0 Å². The van der Waals surface area contributed by atoms with E-state index >= 15 is 0 Å². The Bertz CT molecular complexity index is 342. The lowest BCUT2D eigenvalue weighted by Crippen LogP contribution is -2.17. The van der Waals surface area contributed by atoms with Crippen LogP contribution in [-0.4, -0.2) is 11.7 Å². The summed E-state index contributed by atoms with van der Waals surface area (Å²) < 4.78 is 27.2. The van der Waals surface area contributed by atoms with Crippen molar-refractivity contribution in [1.29, 1.82) is 0 Å². The highest BCUT2D eigenvalue weighted by atomic mass is 19.3. The summed E-state index contributed by atoms with van der Waals surface area (Å²) in [6, 6.07) is 5.35. The second kappa shape index (κ2) is 5.37. The Morgan fingerprint density at radius 3 is 2.69 bits per heavy atom. The molecule has 4 heteroatoms. The van der Waals surface area contributed by atoms with Gasteiger partial charge in [-0.15, -0.1) is 0 Å². The van der Waals surface area contributed by atoms with Gasteiger partial charge in [0.25, 0.3) is 5.92 Å². The summed E-state index contributed by atoms with van der Waals surface area (Å²) in [4.78, 5) is 0. The first-order valence-electron chi connectivity index (χ1n) is 5.36. The van der Waals surface area contributed by atoms with Gasteiger partial charge in [-0.05, 0) is 11.6 Å². The molecule has 0 radical (unpaired) electrons. The Balaban J connectivity index is 2.98. The molecule has 90 valence electrons. The van der Waals surface area contributed by atoms with Crippen LogP contribution in [0.5, 0.6) is 0 Å². The monoisotopic (exact) mass is 229 g/mol. The van der Waals surface area contributed by atoms with E-state index in [1.807, 2.05) is 0 Å². The number of hydrogen-bond donors (Lipinski definition) is 2. The molecule has 0 amide bonds. The molecule has 0 aliphatic heterocycles. The van der Waals surface area contributed by atoms with Gasteiger partial charge in [-0.3, -0.25) is 0 Å². The third-order valence-electron chi connectivity index (χ3n) is 2.50. The van der Waals surface area contributed by atoms with Crippen molar-refractivity contribution >= 4 is 0 Å². The Labute approximate surface area is 94.1 Å². The lowest BCUT2D eigenvalue weighted by Gasteiger charge is -2.18. The summed E-state index contributed by atoms with van der Waals surface area (Å²) in [5.41, 5.74) is 6.09. The smallest absolute Gasteiger partial charge is 0.273 e. The Hall–Kier alpha value is -1.00. The van der Waals surface area contributed by atoms with Crippen LogP contribution >= 0.6 is 0 Å². The average molecular weight is 229 g/mol. The molecule has 0 bridgehead atoms. The summed E-state index contributed by atoms with van der Waals surface area (Å²) in [6.45, 7) is 1.47. The summed E-state index contributed by atoms with van der Waals surface area (Å²) in [6.07, 6.45) is 0.244. The molecule has 0 aliphatic carbocycles. The number of rotatable bonds is 5. The number of benzene rings is 1. The minimum atomic E-state index is -2.82. The highest BCUT2D eigenvalue weighted by Crippen LogP contribution is 2.33. The van der Waals surface area contributed by atoms with Crippen LogP contribution in [0.1, 0.15) is 36.9 Å². The van der Waals surface area contributed by atoms with Gasteiger partial charge >= 0.3 is 0 Å². The fraction of sp³-hybridized carbons (Fsp3) is 0.500. The van der Waals surface area contributed by atoms with Crippen LogP contribution in [0.4, 0.5) is 8.78 Å². The normalized spacial score (nSPS) is 13.8. The molecule has 0 aromatic heterocycles. The first-order chi connectivity index (χ1) is 7.51. The highest BCUT2D eigenvalue weighted by Gasteiger charge is 2.30. The molecule has 1 rings (SSSR count). The van der Waals surface area contributed by atoms with E-state index in [1.165, 1.54) is 12.1 Å². The molecule has 0 aliphatic rings. The van der Waals surface area contributed by atoms with Crippen molar-refractivity contribution in [2.24, 2.45) is 5.73 Å². The number of nitrogens with two attached hydrogens (primary N) is 1. The molecule has 1 aromatic carbocycles. The van der Waals surface area contributed by atoms with Gasteiger partial charge in [-0.1, -0.05) is 31.5 Å². The second-order valence-electron chi connectivity index (χ2n) is 3.87. The standard InChI is InChI=1S/C12H17F2NO/c1-2-6-12(13,14)10-5-3-4-9(7-10)11(15)8-16/h3-5,7,11,16H,2,6,8,15H2,1H3. The zero-order valence-electron chi connectivity index (χ0n) is 9.29. The molecular formula is C12H17F2NO. The van der Waals surface area contributed by atoms with Crippen LogP contribution in [-0.2, 0) is 5.92 Å². The summed E-state index contributed by atoms with van der Waals surface area (Å²) >= 11 is 0. The topological polar surface area (TPSA) is 46.2 Å². The van der Waals surface area contributed by atoms with Crippen molar-refractivity contribution in [1.82, 2.24) is 0 Å². The van der Waals surface area contributed by atoms with E-state index in [1.54, 1.807) is 19.1 Å². The van der Waals surface area contributed by atoms with Gasteiger partial charge in [0.1, 0.15) is 0 Å². The highest BCUT2D eigenvalue weighted by molar-refractivity contribution is 5.28. The molecule has 0 saturated heterocycles. The molecule has 0 heterocycles. The molecule has 1 aromatic rings.